The van der Waals surface area contributed by atoms with Crippen molar-refractivity contribution in [2.75, 3.05) is 0 Å². The molecule has 0 aliphatic rings. The van der Waals surface area contributed by atoms with Crippen LogP contribution in [0.1, 0.15) is 11.4 Å². The molecule has 0 atom stereocenters. The van der Waals surface area contributed by atoms with E-state index >= 15 is 0 Å². The fraction of sp³-hybridized carbons (Fsp3) is 0.0476. The van der Waals surface area contributed by atoms with Gasteiger partial charge in [-0.05, 0) is 6.92 Å². The summed E-state index contributed by atoms with van der Waals surface area (Å²) >= 11 is 0. The first-order valence-corrected chi connectivity index (χ1v) is 9.47. The Morgan fingerprint density at radius 1 is 0.844 bits per heavy atom. The predicted octanol–water partition coefficient (Wildman–Crippen LogP) is 4.35. The average molecular weight is 423 g/mol. The molecule has 5 aromatic rings. The highest BCUT2D eigenvalue weighted by Gasteiger charge is 2.20. The molecule has 3 aromatic heterocycles. The number of aryl methyl sites for hydroxylation is 1. The lowest BCUT2D eigenvalue weighted by molar-refractivity contribution is 0.808. The normalized spacial score (nSPS) is 11.4. The zero-order valence-electron chi connectivity index (χ0n) is 16.6. The Morgan fingerprint density at radius 3 is 2.09 bits per heavy atom. The van der Waals surface area contributed by atoms with Crippen LogP contribution >= 0.6 is 0 Å². The van der Waals surface area contributed by atoms with E-state index in [4.69, 9.17) is 0 Å². The lowest BCUT2D eigenvalue weighted by atomic mass is 10.1. The zero-order valence-corrected chi connectivity index (χ0v) is 16.6. The van der Waals surface area contributed by atoms with Crippen LogP contribution in [-0.2, 0) is 0 Å². The molecule has 0 aliphatic heterocycles. The predicted molar refractivity (Wildman–Crippen MR) is 115 cm³/mol. The summed E-state index contributed by atoms with van der Waals surface area (Å²) in [5.74, 6) is -0.0973. The van der Waals surface area contributed by atoms with E-state index in [2.05, 4.69) is 25.5 Å². The Hall–Kier alpha value is -4.98. The quantitative estimate of drug-likeness (QED) is 0.392. The molecule has 5 rings (SSSR count). The fourth-order valence-electron chi connectivity index (χ4n) is 3.33. The van der Waals surface area contributed by atoms with Gasteiger partial charge in [-0.25, -0.2) is 0 Å². The van der Waals surface area contributed by atoms with Gasteiger partial charge in [0.15, 0.2) is 17.2 Å². The van der Waals surface area contributed by atoms with Gasteiger partial charge in [-0.2, -0.15) is 10.4 Å². The van der Waals surface area contributed by atoms with Crippen molar-refractivity contribution in [1.29, 1.82) is 5.26 Å². The molecule has 11 nitrogen and oxygen atoms in total. The topological polar surface area (TPSA) is 148 Å². The maximum atomic E-state index is 12.5. The van der Waals surface area contributed by atoms with Gasteiger partial charge in [-0.1, -0.05) is 60.7 Å². The molecular weight excluding hydrogens is 410 g/mol. The van der Waals surface area contributed by atoms with Crippen LogP contribution in [0.3, 0.4) is 0 Å². The molecule has 32 heavy (non-hydrogen) atoms. The zero-order chi connectivity index (χ0) is 22.2. The van der Waals surface area contributed by atoms with Crippen LogP contribution in [0.15, 0.2) is 70.9 Å². The molecule has 0 unspecified atom stereocenters. The minimum absolute atomic E-state index is 0.0218. The van der Waals surface area contributed by atoms with E-state index in [0.29, 0.717) is 21.6 Å². The van der Waals surface area contributed by atoms with Crippen molar-refractivity contribution in [1.82, 2.24) is 29.5 Å². The number of benzene rings is 2. The van der Waals surface area contributed by atoms with Crippen LogP contribution in [0, 0.1) is 28.7 Å². The molecule has 3 heterocycles. The molecule has 0 saturated carbocycles. The number of azo groups is 1. The summed E-state index contributed by atoms with van der Waals surface area (Å²) in [5.41, 5.74) is 2.01. The molecule has 0 bridgehead atoms. The number of nitrogens with zero attached hydrogens (tertiary/aromatic N) is 9. The van der Waals surface area contributed by atoms with Crippen LogP contribution in [0.25, 0.3) is 28.2 Å². The van der Waals surface area contributed by atoms with Gasteiger partial charge in [0.25, 0.3) is 0 Å². The van der Waals surface area contributed by atoms with Crippen LogP contribution in [-0.4, -0.2) is 29.5 Å². The fourth-order valence-corrected chi connectivity index (χ4v) is 3.33. The molecule has 0 spiro atoms. The average Bonchev–Trinajstić information content (AvgIpc) is 3.43. The molecule has 0 aliphatic carbocycles. The second-order valence-corrected chi connectivity index (χ2v) is 6.82. The van der Waals surface area contributed by atoms with Crippen LogP contribution < -0.4 is 0 Å². The highest BCUT2D eigenvalue weighted by molar-refractivity contribution is 5.83. The van der Waals surface area contributed by atoms with E-state index in [1.165, 1.54) is 11.6 Å². The van der Waals surface area contributed by atoms with Gasteiger partial charge in [-0.3, -0.25) is 4.85 Å². The second kappa shape index (κ2) is 7.37. The largest absolute Gasteiger partial charge is 0.803 e. The maximum Gasteiger partial charge on any atom is 0.187 e. The Kier molecular flexibility index (Phi) is 4.38. The number of fused-ring (bicyclic) bond motifs is 1. The van der Waals surface area contributed by atoms with Crippen molar-refractivity contribution >= 4 is 17.2 Å². The third-order valence-electron chi connectivity index (χ3n) is 4.83. The van der Waals surface area contributed by atoms with Crippen LogP contribution in [0.5, 0.6) is 0 Å². The summed E-state index contributed by atoms with van der Waals surface area (Å²) in [6.45, 7) is 1.54. The minimum Gasteiger partial charge on any atom is -0.803 e. The third kappa shape index (κ3) is 2.94. The minimum atomic E-state index is -0.279. The van der Waals surface area contributed by atoms with Gasteiger partial charge in [0.1, 0.15) is 28.8 Å². The summed E-state index contributed by atoms with van der Waals surface area (Å²) in [7, 11) is 0. The molecule has 0 radical (unpaired) electrons. The van der Waals surface area contributed by atoms with Crippen LogP contribution in [0.2, 0.25) is 0 Å². The monoisotopic (exact) mass is 423 g/mol. The van der Waals surface area contributed by atoms with Crippen molar-refractivity contribution in [3.8, 4) is 28.6 Å². The molecule has 2 aromatic carbocycles. The summed E-state index contributed by atoms with van der Waals surface area (Å²) in [4.78, 5) is 0.243. The van der Waals surface area contributed by atoms with Crippen molar-refractivity contribution in [2.45, 2.75) is 6.92 Å². The van der Waals surface area contributed by atoms with E-state index in [9.17, 15) is 15.7 Å². The molecule has 0 fully saturated rings. The smallest absolute Gasteiger partial charge is 0.187 e. The van der Waals surface area contributed by atoms with E-state index in [1.807, 2.05) is 30.3 Å². The SMILES string of the molecule is Cc1nn2nc(-c3ccccc3)c(N=Nc3c(C#N)c(-c4ccccc4)nn3[O-])c2n1[O-]. The van der Waals surface area contributed by atoms with E-state index < -0.39 is 0 Å². The number of rotatable bonds is 4. The lowest BCUT2D eigenvalue weighted by Crippen LogP contribution is -1.89. The first-order valence-electron chi connectivity index (χ1n) is 9.47. The summed E-state index contributed by atoms with van der Waals surface area (Å²) < 4.78 is 1.76. The Labute approximate surface area is 180 Å². The van der Waals surface area contributed by atoms with Gasteiger partial charge in [0.2, 0.25) is 0 Å². The van der Waals surface area contributed by atoms with Crippen LogP contribution in [0.4, 0.5) is 11.5 Å². The number of hydrogen-bond acceptors (Lipinski definition) is 8. The summed E-state index contributed by atoms with van der Waals surface area (Å²) in [5, 5.41) is 55.2. The number of aromatic nitrogens is 6. The standard InChI is InChI=1S/C21H13N9O2/c1-13-25-29-21(28(13)31)19(18(26-29)15-10-6-3-7-11-15)23-24-20-16(12-22)17(27-30(20)32)14-8-4-2-5-9-14/h2-11H,1H3/q-2. The Morgan fingerprint density at radius 2 is 1.47 bits per heavy atom. The molecule has 0 saturated heterocycles. The summed E-state index contributed by atoms with van der Waals surface area (Å²) in [6, 6.07) is 19.9. The van der Waals surface area contributed by atoms with E-state index in [0.717, 1.165) is 0 Å². The van der Waals surface area contributed by atoms with E-state index in [-0.39, 0.29) is 39.1 Å². The van der Waals surface area contributed by atoms with Crippen molar-refractivity contribution < 1.29 is 0 Å². The maximum absolute atomic E-state index is 12.5. The first kappa shape index (κ1) is 19.0. The summed E-state index contributed by atoms with van der Waals surface area (Å²) in [6.07, 6.45) is 0. The van der Waals surface area contributed by atoms with Crippen molar-refractivity contribution in [3.63, 3.8) is 0 Å². The van der Waals surface area contributed by atoms with Gasteiger partial charge < -0.3 is 15.1 Å². The second-order valence-electron chi connectivity index (χ2n) is 6.82. The molecular formula is C21H13N9O2-2. The first-order chi connectivity index (χ1) is 15.6. The third-order valence-corrected chi connectivity index (χ3v) is 4.83. The van der Waals surface area contributed by atoms with E-state index in [1.54, 1.807) is 36.4 Å². The number of hydrogen-bond donors (Lipinski definition) is 0. The lowest BCUT2D eigenvalue weighted by Gasteiger charge is -2.08. The van der Waals surface area contributed by atoms with Gasteiger partial charge in [0.05, 0.1) is 0 Å². The van der Waals surface area contributed by atoms with Gasteiger partial charge in [0, 0.05) is 11.1 Å². The highest BCUT2D eigenvalue weighted by Crippen LogP contribution is 2.36. The van der Waals surface area contributed by atoms with Crippen molar-refractivity contribution in [2.24, 2.45) is 10.2 Å². The Bertz CT molecular complexity index is 1510. The molecule has 0 N–H and O–H groups in total. The van der Waals surface area contributed by atoms with Gasteiger partial charge in [-0.15, -0.1) is 25.1 Å². The molecule has 156 valence electrons. The highest BCUT2D eigenvalue weighted by atomic mass is 16.5. The van der Waals surface area contributed by atoms with Crippen molar-refractivity contribution in [3.05, 3.63) is 82.5 Å². The number of nitriles is 1. The van der Waals surface area contributed by atoms with Gasteiger partial charge >= 0.3 is 0 Å². The molecule has 0 amide bonds. The Balaban J connectivity index is 1.68. The molecule has 11 heteroatoms.